The van der Waals surface area contributed by atoms with Gasteiger partial charge in [-0.25, -0.2) is 17.5 Å². The molecule has 7 N–H and O–H groups in total. The highest BCUT2D eigenvalue weighted by Crippen LogP contribution is 2.27. The van der Waals surface area contributed by atoms with Crippen LogP contribution in [-0.2, 0) is 19.6 Å². The number of fused-ring (bicyclic) bond motifs is 1. The number of aliphatic carboxylic acids is 1. The minimum atomic E-state index is -4.67. The van der Waals surface area contributed by atoms with Crippen molar-refractivity contribution >= 4 is 38.8 Å². The topological polar surface area (TPSA) is 195 Å². The highest BCUT2D eigenvalue weighted by atomic mass is 32.2. The summed E-state index contributed by atoms with van der Waals surface area (Å²) in [7, 11) is -4.67. The van der Waals surface area contributed by atoms with Crippen molar-refractivity contribution in [3.63, 3.8) is 0 Å². The Balaban J connectivity index is 2.57. The maximum atomic E-state index is 13.4. The van der Waals surface area contributed by atoms with Gasteiger partial charge in [-0.15, -0.1) is 0 Å². The molecule has 12 heteroatoms. The molecule has 0 fully saturated rings. The van der Waals surface area contributed by atoms with Crippen LogP contribution in [0.5, 0.6) is 0 Å². The van der Waals surface area contributed by atoms with Crippen molar-refractivity contribution in [2.75, 3.05) is 6.52 Å². The van der Waals surface area contributed by atoms with E-state index in [0.29, 0.717) is 5.39 Å². The van der Waals surface area contributed by atoms with Crippen molar-refractivity contribution in [3.8, 4) is 0 Å². The minimum Gasteiger partial charge on any atom is -0.480 e. The number of hydrogen-bond acceptors (Lipinski definition) is 7. The van der Waals surface area contributed by atoms with E-state index in [9.17, 15) is 23.1 Å². The summed E-state index contributed by atoms with van der Waals surface area (Å²) in [6.45, 7) is 1.49. The van der Waals surface area contributed by atoms with Gasteiger partial charge in [-0.2, -0.15) is 0 Å². The van der Waals surface area contributed by atoms with Crippen molar-refractivity contribution in [3.05, 3.63) is 36.0 Å². The Morgan fingerprint density at radius 1 is 1.37 bits per heavy atom. The Morgan fingerprint density at radius 2 is 2.03 bits per heavy atom. The predicted molar refractivity (Wildman–Crippen MR) is 111 cm³/mol. The number of carbonyl (C=O) groups excluding carboxylic acids is 1. The second-order valence-electron chi connectivity index (χ2n) is 6.57. The van der Waals surface area contributed by atoms with Crippen molar-refractivity contribution < 1.29 is 24.5 Å². The number of carboxylic acids is 1. The molecule has 0 radical (unpaired) electrons. The zero-order valence-electron chi connectivity index (χ0n) is 17.4. The third kappa shape index (κ3) is 4.83. The van der Waals surface area contributed by atoms with E-state index < -0.39 is 52.9 Å². The highest BCUT2D eigenvalue weighted by molar-refractivity contribution is 7.90. The summed E-state index contributed by atoms with van der Waals surface area (Å²) in [5.74, 6) is -3.16. The van der Waals surface area contributed by atoms with Gasteiger partial charge in [0.05, 0.1) is 12.9 Å². The maximum absolute atomic E-state index is 13.4. The summed E-state index contributed by atoms with van der Waals surface area (Å²) in [4.78, 5) is 31.9. The maximum Gasteiger partial charge on any atom is 0.327 e. The third-order valence-corrected chi connectivity index (χ3v) is 6.09. The summed E-state index contributed by atoms with van der Waals surface area (Å²) < 4.78 is 34.8. The quantitative estimate of drug-likeness (QED) is 0.311. The molecule has 0 aliphatic rings. The van der Waals surface area contributed by atoms with Crippen LogP contribution < -0.4 is 17.2 Å². The summed E-state index contributed by atoms with van der Waals surface area (Å²) in [6, 6.07) is 2.73. The van der Waals surface area contributed by atoms with E-state index in [4.69, 9.17) is 18.6 Å². The lowest BCUT2D eigenvalue weighted by molar-refractivity contribution is -0.145. The number of sulfonamides is 1. The SMILES string of the molecule is [2H]C(CC(N)C(=O)N([C@@H](C)C(=O)O)S(=O)(=O)c1cccc2cc(C)cnc12)N=C(N)N. The van der Waals surface area contributed by atoms with Crippen molar-refractivity contribution in [1.82, 2.24) is 9.29 Å². The standard InChI is InChI=1S/C18H24N6O5S/c1-10-8-12-4-3-5-14(15(12)23-9-10)30(28,29)24(11(2)17(26)27)16(25)13(19)6-7-22-18(20)21/h3-5,8-9,11,13H,6-7,19H2,1-2H3,(H,26,27)(H4,20,21,22)/t11-,13?/m0/s1/i7D/t7?,11-,13?. The average Bonchev–Trinajstić information content (AvgIpc) is 2.66. The van der Waals surface area contributed by atoms with Crippen molar-refractivity contribution in [2.45, 2.75) is 37.2 Å². The largest absolute Gasteiger partial charge is 0.480 e. The highest BCUT2D eigenvalue weighted by Gasteiger charge is 2.40. The first-order valence-electron chi connectivity index (χ1n) is 9.37. The molecule has 11 nitrogen and oxygen atoms in total. The van der Waals surface area contributed by atoms with Crippen LogP contribution in [0.3, 0.4) is 0 Å². The van der Waals surface area contributed by atoms with Gasteiger partial charge < -0.3 is 22.3 Å². The van der Waals surface area contributed by atoms with E-state index in [0.717, 1.165) is 12.5 Å². The Kier molecular flexibility index (Phi) is 6.47. The normalized spacial score (nSPS) is 15.0. The lowest BCUT2D eigenvalue weighted by atomic mass is 10.2. The van der Waals surface area contributed by atoms with E-state index in [1.165, 1.54) is 18.3 Å². The Labute approximate surface area is 175 Å². The summed E-state index contributed by atoms with van der Waals surface area (Å²) >= 11 is 0. The molecule has 2 aromatic rings. The molecule has 0 spiro atoms. The Hall–Kier alpha value is -3.25. The molecule has 30 heavy (non-hydrogen) atoms. The fourth-order valence-electron chi connectivity index (χ4n) is 2.71. The van der Waals surface area contributed by atoms with Gasteiger partial charge in [-0.3, -0.25) is 14.8 Å². The third-order valence-electron chi connectivity index (χ3n) is 4.19. The average molecular weight is 438 g/mol. The van der Waals surface area contributed by atoms with Gasteiger partial charge in [0.15, 0.2) is 5.96 Å². The zero-order valence-corrected chi connectivity index (χ0v) is 17.2. The van der Waals surface area contributed by atoms with Crippen LogP contribution in [0.4, 0.5) is 0 Å². The molecule has 0 saturated carbocycles. The van der Waals surface area contributed by atoms with Gasteiger partial charge in [-0.05, 0) is 38.0 Å². The molecule has 0 saturated heterocycles. The first-order chi connectivity index (χ1) is 14.4. The number of para-hydroxylation sites is 1. The summed E-state index contributed by atoms with van der Waals surface area (Å²) in [6.07, 6.45) is 1.03. The molecule has 3 atom stereocenters. The zero-order chi connectivity index (χ0) is 23.5. The van der Waals surface area contributed by atoms with Crippen LogP contribution in [-0.4, -0.2) is 59.3 Å². The Bertz CT molecular complexity index is 1140. The van der Waals surface area contributed by atoms with Gasteiger partial charge in [0, 0.05) is 18.1 Å². The smallest absolute Gasteiger partial charge is 0.327 e. The van der Waals surface area contributed by atoms with Crippen LogP contribution >= 0.6 is 0 Å². The first kappa shape index (κ1) is 21.5. The number of rotatable bonds is 8. The predicted octanol–water partition coefficient (Wildman–Crippen LogP) is -0.476. The molecule has 2 rings (SSSR count). The molecule has 1 aromatic carbocycles. The molecule has 1 heterocycles. The number of amides is 1. The van der Waals surface area contributed by atoms with Gasteiger partial charge >= 0.3 is 5.97 Å². The molecule has 0 aliphatic heterocycles. The van der Waals surface area contributed by atoms with Gasteiger partial charge in [0.1, 0.15) is 10.9 Å². The monoisotopic (exact) mass is 437 g/mol. The summed E-state index contributed by atoms with van der Waals surface area (Å²) in [5.41, 5.74) is 17.1. The number of aliphatic imine (C=N–C) groups is 1. The van der Waals surface area contributed by atoms with E-state index in [1.807, 2.05) is 0 Å². The number of hydrogen-bond donors (Lipinski definition) is 4. The van der Waals surface area contributed by atoms with Crippen molar-refractivity contribution in [1.29, 1.82) is 0 Å². The number of benzene rings is 1. The second kappa shape index (κ2) is 9.05. The number of aromatic nitrogens is 1. The molecule has 0 bridgehead atoms. The lowest BCUT2D eigenvalue weighted by Gasteiger charge is -2.28. The van der Waals surface area contributed by atoms with E-state index in [2.05, 4.69) is 9.98 Å². The minimum absolute atomic E-state index is 0.0796. The fraction of sp³-hybridized carbons (Fsp3) is 0.333. The molecular weight excluding hydrogens is 412 g/mol. The molecule has 1 aromatic heterocycles. The van der Waals surface area contributed by atoms with Crippen LogP contribution in [0.2, 0.25) is 0 Å². The second-order valence-corrected chi connectivity index (χ2v) is 8.36. The number of aryl methyl sites for hydroxylation is 1. The molecule has 2 unspecified atom stereocenters. The number of nitrogens with two attached hydrogens (primary N) is 3. The number of carbonyl (C=O) groups is 2. The van der Waals surface area contributed by atoms with Crippen LogP contribution in [0, 0.1) is 6.92 Å². The Morgan fingerprint density at radius 3 is 2.63 bits per heavy atom. The van der Waals surface area contributed by atoms with E-state index >= 15 is 0 Å². The molecule has 0 aliphatic carbocycles. The lowest BCUT2D eigenvalue weighted by Crippen LogP contribution is -2.53. The summed E-state index contributed by atoms with van der Waals surface area (Å²) in [5, 5.41) is 9.94. The van der Waals surface area contributed by atoms with E-state index in [1.54, 1.807) is 19.1 Å². The first-order valence-corrected chi connectivity index (χ1v) is 10.2. The van der Waals surface area contributed by atoms with Crippen LogP contribution in [0.15, 0.2) is 40.4 Å². The molecule has 162 valence electrons. The number of nitrogens with zero attached hydrogens (tertiary/aromatic N) is 3. The number of guanidine groups is 1. The number of carboxylic acid groups (broad SMARTS) is 1. The van der Waals surface area contributed by atoms with Crippen molar-refractivity contribution in [2.24, 2.45) is 22.2 Å². The van der Waals surface area contributed by atoms with Gasteiger partial charge in [-0.1, -0.05) is 12.1 Å². The molecule has 1 amide bonds. The van der Waals surface area contributed by atoms with E-state index in [-0.39, 0.29) is 14.7 Å². The van der Waals surface area contributed by atoms with Crippen LogP contribution in [0.25, 0.3) is 10.9 Å². The fourth-order valence-corrected chi connectivity index (χ4v) is 4.47. The van der Waals surface area contributed by atoms with Gasteiger partial charge in [0.25, 0.3) is 15.9 Å². The van der Waals surface area contributed by atoms with Crippen LogP contribution in [0.1, 0.15) is 20.3 Å². The molecular formula is C18H24N6O5S. The van der Waals surface area contributed by atoms with Gasteiger partial charge in [0.2, 0.25) is 0 Å². The number of pyridine rings is 1.